The van der Waals surface area contributed by atoms with Gasteiger partial charge >= 0.3 is 0 Å². The average Bonchev–Trinajstić information content (AvgIpc) is 3.37. The molecule has 4 rings (SSSR count). The number of thioether (sulfide) groups is 1. The minimum atomic E-state index is 0.0295. The van der Waals surface area contributed by atoms with Gasteiger partial charge in [0.2, 0.25) is 5.91 Å². The molecule has 5 nitrogen and oxygen atoms in total. The van der Waals surface area contributed by atoms with E-state index in [0.29, 0.717) is 12.3 Å². The Morgan fingerprint density at radius 1 is 1.14 bits per heavy atom. The van der Waals surface area contributed by atoms with Crippen LogP contribution in [0.3, 0.4) is 0 Å². The molecular formula is C22H24N4OS. The van der Waals surface area contributed by atoms with Gasteiger partial charge in [0, 0.05) is 17.6 Å². The first-order valence-corrected chi connectivity index (χ1v) is 10.5. The Labute approximate surface area is 169 Å². The van der Waals surface area contributed by atoms with E-state index in [-0.39, 0.29) is 11.3 Å². The number of nitrogens with one attached hydrogen (secondary N) is 1. The van der Waals surface area contributed by atoms with Crippen molar-refractivity contribution in [1.82, 2.24) is 20.1 Å². The third-order valence-electron chi connectivity index (χ3n) is 5.48. The minimum absolute atomic E-state index is 0.0295. The quantitative estimate of drug-likeness (QED) is 0.621. The van der Waals surface area contributed by atoms with Crippen molar-refractivity contribution in [3.05, 3.63) is 71.5 Å². The van der Waals surface area contributed by atoms with Crippen molar-refractivity contribution >= 4 is 17.7 Å². The normalized spacial score (nSPS) is 14.6. The number of carbonyl (C=O) groups is 1. The first-order valence-electron chi connectivity index (χ1n) is 9.50. The maximum absolute atomic E-state index is 12.4. The molecule has 0 bridgehead atoms. The standard InChI is InChI=1S/C22H24N4OS/c1-16-8-9-19(12-17(16)2)26-15-24-25-21(26)28-13-20(27)23-14-22(10-11-22)18-6-4-3-5-7-18/h3-9,12,15H,10-11,13-14H2,1-2H3,(H,23,27). The highest BCUT2D eigenvalue weighted by molar-refractivity contribution is 7.99. The second-order valence-electron chi connectivity index (χ2n) is 7.46. The zero-order valence-corrected chi connectivity index (χ0v) is 17.0. The predicted molar refractivity (Wildman–Crippen MR) is 112 cm³/mol. The molecule has 0 atom stereocenters. The van der Waals surface area contributed by atoms with E-state index in [1.165, 1.54) is 28.5 Å². The summed E-state index contributed by atoms with van der Waals surface area (Å²) in [6.45, 7) is 4.87. The van der Waals surface area contributed by atoms with E-state index in [1.807, 2.05) is 16.7 Å². The number of aryl methyl sites for hydroxylation is 2. The number of aromatic nitrogens is 3. The molecule has 1 aromatic heterocycles. The molecule has 6 heteroatoms. The van der Waals surface area contributed by atoms with E-state index < -0.39 is 0 Å². The van der Waals surface area contributed by atoms with Crippen molar-refractivity contribution in [1.29, 1.82) is 0 Å². The van der Waals surface area contributed by atoms with Crippen molar-refractivity contribution < 1.29 is 4.79 Å². The van der Waals surface area contributed by atoms with Crippen LogP contribution in [0.25, 0.3) is 5.69 Å². The molecular weight excluding hydrogens is 368 g/mol. The van der Waals surface area contributed by atoms with Gasteiger partial charge in [0.05, 0.1) is 5.75 Å². The zero-order chi connectivity index (χ0) is 19.6. The molecule has 0 unspecified atom stereocenters. The van der Waals surface area contributed by atoms with Crippen LogP contribution >= 0.6 is 11.8 Å². The van der Waals surface area contributed by atoms with Gasteiger partial charge in [-0.3, -0.25) is 9.36 Å². The molecule has 0 saturated heterocycles. The smallest absolute Gasteiger partial charge is 0.230 e. The summed E-state index contributed by atoms with van der Waals surface area (Å²) in [6, 6.07) is 16.7. The van der Waals surface area contributed by atoms with E-state index in [0.717, 1.165) is 23.7 Å². The van der Waals surface area contributed by atoms with Crippen molar-refractivity contribution in [2.24, 2.45) is 0 Å². The third kappa shape index (κ3) is 3.97. The van der Waals surface area contributed by atoms with Gasteiger partial charge in [-0.15, -0.1) is 10.2 Å². The lowest BCUT2D eigenvalue weighted by atomic mass is 9.96. The number of carbonyl (C=O) groups excluding carboxylic acids is 1. The Bertz CT molecular complexity index is 979. The third-order valence-corrected chi connectivity index (χ3v) is 6.42. The molecule has 1 heterocycles. The summed E-state index contributed by atoms with van der Waals surface area (Å²) in [5, 5.41) is 12.0. The van der Waals surface area contributed by atoms with Gasteiger partial charge in [-0.05, 0) is 55.5 Å². The lowest BCUT2D eigenvalue weighted by Gasteiger charge is -2.16. The van der Waals surface area contributed by atoms with Crippen LogP contribution in [0.5, 0.6) is 0 Å². The van der Waals surface area contributed by atoms with Gasteiger partial charge < -0.3 is 5.32 Å². The fraction of sp³-hybridized carbons (Fsp3) is 0.318. The summed E-state index contributed by atoms with van der Waals surface area (Å²) in [7, 11) is 0. The number of nitrogens with zero attached hydrogens (tertiary/aromatic N) is 3. The van der Waals surface area contributed by atoms with Crippen LogP contribution in [0, 0.1) is 13.8 Å². The van der Waals surface area contributed by atoms with Crippen molar-refractivity contribution in [2.45, 2.75) is 37.3 Å². The minimum Gasteiger partial charge on any atom is -0.354 e. The van der Waals surface area contributed by atoms with Gasteiger partial charge in [0.15, 0.2) is 5.16 Å². The van der Waals surface area contributed by atoms with Crippen LogP contribution in [-0.4, -0.2) is 33.0 Å². The van der Waals surface area contributed by atoms with Crippen molar-refractivity contribution in [3.63, 3.8) is 0 Å². The topological polar surface area (TPSA) is 59.8 Å². The van der Waals surface area contributed by atoms with Crippen LogP contribution in [0.2, 0.25) is 0 Å². The summed E-state index contributed by atoms with van der Waals surface area (Å²) < 4.78 is 1.93. The van der Waals surface area contributed by atoms with Gasteiger partial charge in [-0.25, -0.2) is 0 Å². The number of amides is 1. The van der Waals surface area contributed by atoms with Gasteiger partial charge in [-0.1, -0.05) is 48.2 Å². The first-order chi connectivity index (χ1) is 13.6. The maximum atomic E-state index is 12.4. The Hall–Kier alpha value is -2.60. The van der Waals surface area contributed by atoms with Crippen molar-refractivity contribution in [3.8, 4) is 5.69 Å². The Kier molecular flexibility index (Phi) is 5.22. The molecule has 0 radical (unpaired) electrons. The maximum Gasteiger partial charge on any atom is 0.230 e. The van der Waals surface area contributed by atoms with Crippen LogP contribution in [0.1, 0.15) is 29.5 Å². The van der Waals surface area contributed by atoms with Gasteiger partial charge in [0.25, 0.3) is 0 Å². The van der Waals surface area contributed by atoms with E-state index in [4.69, 9.17) is 0 Å². The highest BCUT2D eigenvalue weighted by Crippen LogP contribution is 2.47. The molecule has 2 aromatic carbocycles. The van der Waals surface area contributed by atoms with E-state index in [1.54, 1.807) is 6.33 Å². The molecule has 1 saturated carbocycles. The highest BCUT2D eigenvalue weighted by Gasteiger charge is 2.44. The largest absolute Gasteiger partial charge is 0.354 e. The molecule has 1 aliphatic carbocycles. The van der Waals surface area contributed by atoms with E-state index in [9.17, 15) is 4.79 Å². The Morgan fingerprint density at radius 3 is 2.64 bits per heavy atom. The fourth-order valence-electron chi connectivity index (χ4n) is 3.33. The molecule has 28 heavy (non-hydrogen) atoms. The second kappa shape index (κ2) is 7.80. The second-order valence-corrected chi connectivity index (χ2v) is 8.41. The van der Waals surface area contributed by atoms with Gasteiger partial charge in [-0.2, -0.15) is 0 Å². The van der Waals surface area contributed by atoms with Crippen LogP contribution in [0.15, 0.2) is 60.0 Å². The number of rotatable bonds is 7. The number of hydrogen-bond donors (Lipinski definition) is 1. The lowest BCUT2D eigenvalue weighted by Crippen LogP contribution is -2.33. The summed E-state index contributed by atoms with van der Waals surface area (Å²) in [5.41, 5.74) is 4.92. The Balaban J connectivity index is 1.35. The number of hydrogen-bond acceptors (Lipinski definition) is 4. The SMILES string of the molecule is Cc1ccc(-n2cnnc2SCC(=O)NCC2(c3ccccc3)CC2)cc1C. The van der Waals surface area contributed by atoms with Crippen LogP contribution in [0.4, 0.5) is 0 Å². The summed E-state index contributed by atoms with van der Waals surface area (Å²) in [5.74, 6) is 0.357. The summed E-state index contributed by atoms with van der Waals surface area (Å²) >= 11 is 1.41. The van der Waals surface area contributed by atoms with E-state index in [2.05, 4.69) is 65.8 Å². The molecule has 1 aliphatic rings. The van der Waals surface area contributed by atoms with Gasteiger partial charge in [0.1, 0.15) is 6.33 Å². The molecule has 0 aliphatic heterocycles. The molecule has 0 spiro atoms. The molecule has 3 aromatic rings. The molecule has 1 fully saturated rings. The van der Waals surface area contributed by atoms with Crippen LogP contribution in [-0.2, 0) is 10.2 Å². The average molecular weight is 393 g/mol. The summed E-state index contributed by atoms with van der Waals surface area (Å²) in [6.07, 6.45) is 3.95. The van der Waals surface area contributed by atoms with E-state index >= 15 is 0 Å². The highest BCUT2D eigenvalue weighted by atomic mass is 32.2. The molecule has 144 valence electrons. The number of benzene rings is 2. The zero-order valence-electron chi connectivity index (χ0n) is 16.2. The molecule has 1 N–H and O–H groups in total. The Morgan fingerprint density at radius 2 is 1.93 bits per heavy atom. The first kappa shape index (κ1) is 18.7. The van der Waals surface area contributed by atoms with Crippen LogP contribution < -0.4 is 5.32 Å². The lowest BCUT2D eigenvalue weighted by molar-refractivity contribution is -0.118. The predicted octanol–water partition coefficient (Wildman–Crippen LogP) is 3.82. The van der Waals surface area contributed by atoms with Crippen molar-refractivity contribution in [2.75, 3.05) is 12.3 Å². The monoisotopic (exact) mass is 392 g/mol. The fourth-order valence-corrected chi connectivity index (χ4v) is 4.09. The summed E-state index contributed by atoms with van der Waals surface area (Å²) in [4.78, 5) is 12.4. The molecule has 1 amide bonds.